The van der Waals surface area contributed by atoms with Crippen LogP contribution in [0.3, 0.4) is 0 Å². The first-order valence-electron chi connectivity index (χ1n) is 7.90. The highest BCUT2D eigenvalue weighted by Crippen LogP contribution is 2.49. The van der Waals surface area contributed by atoms with Gasteiger partial charge in [-0.2, -0.15) is 0 Å². The van der Waals surface area contributed by atoms with Gasteiger partial charge in [0.2, 0.25) is 0 Å². The molecular formula is C22H13ClO. The lowest BCUT2D eigenvalue weighted by Crippen LogP contribution is -1.88. The highest BCUT2D eigenvalue weighted by molar-refractivity contribution is 6.31. The Labute approximate surface area is 145 Å². The number of benzene rings is 4. The van der Waals surface area contributed by atoms with Crippen LogP contribution >= 0.6 is 11.6 Å². The number of ether oxygens (including phenoxy) is 1. The summed E-state index contributed by atoms with van der Waals surface area (Å²) in [5, 5.41) is 3.02. The lowest BCUT2D eigenvalue weighted by Gasteiger charge is -2.12. The predicted octanol–water partition coefficient (Wildman–Crippen LogP) is 6.93. The van der Waals surface area contributed by atoms with E-state index in [4.69, 9.17) is 16.3 Å². The van der Waals surface area contributed by atoms with Crippen molar-refractivity contribution < 1.29 is 4.74 Å². The van der Waals surface area contributed by atoms with Crippen molar-refractivity contribution in [1.29, 1.82) is 0 Å². The van der Waals surface area contributed by atoms with Gasteiger partial charge in [-0.25, -0.2) is 0 Å². The van der Waals surface area contributed by atoms with Crippen molar-refractivity contribution in [1.82, 2.24) is 0 Å². The molecule has 0 bridgehead atoms. The van der Waals surface area contributed by atoms with E-state index in [1.165, 1.54) is 5.39 Å². The van der Waals surface area contributed by atoms with Gasteiger partial charge in [0.1, 0.15) is 11.5 Å². The van der Waals surface area contributed by atoms with Crippen molar-refractivity contribution in [3.05, 3.63) is 83.9 Å². The van der Waals surface area contributed by atoms with Crippen LogP contribution in [0.25, 0.3) is 33.0 Å². The molecule has 0 saturated carbocycles. The van der Waals surface area contributed by atoms with Crippen molar-refractivity contribution in [2.45, 2.75) is 0 Å². The van der Waals surface area contributed by atoms with Crippen LogP contribution in [0, 0.1) is 0 Å². The number of halogens is 1. The Morgan fingerprint density at radius 1 is 0.625 bits per heavy atom. The molecule has 0 unspecified atom stereocenters. The number of hydrogen-bond acceptors (Lipinski definition) is 1. The summed E-state index contributed by atoms with van der Waals surface area (Å²) in [5.41, 5.74) is 4.41. The van der Waals surface area contributed by atoms with Gasteiger partial charge >= 0.3 is 0 Å². The molecule has 114 valence electrons. The van der Waals surface area contributed by atoms with E-state index in [0.29, 0.717) is 0 Å². The lowest BCUT2D eigenvalue weighted by atomic mass is 9.93. The van der Waals surface area contributed by atoms with Gasteiger partial charge in [0, 0.05) is 21.5 Å². The van der Waals surface area contributed by atoms with Crippen LogP contribution in [0.2, 0.25) is 5.02 Å². The Hall–Kier alpha value is -2.77. The maximum absolute atomic E-state index is 6.39. The van der Waals surface area contributed by atoms with E-state index < -0.39 is 0 Å². The highest BCUT2D eigenvalue weighted by Gasteiger charge is 2.22. The van der Waals surface area contributed by atoms with Crippen LogP contribution in [0.15, 0.2) is 78.9 Å². The van der Waals surface area contributed by atoms with E-state index in [1.807, 2.05) is 42.5 Å². The average Bonchev–Trinajstić information content (AvgIpc) is 2.76. The minimum atomic E-state index is 0.729. The molecule has 0 fully saturated rings. The zero-order valence-corrected chi connectivity index (χ0v) is 13.5. The lowest BCUT2D eigenvalue weighted by molar-refractivity contribution is 0.493. The third-order valence-corrected chi connectivity index (χ3v) is 4.78. The summed E-state index contributed by atoms with van der Waals surface area (Å²) in [5.74, 6) is 1.76. The molecule has 24 heavy (non-hydrogen) atoms. The standard InChI is InChI=1S/C22H13ClO/c23-15-10-12-17-19-11-9-14-5-1-2-6-16(14)22(19)24-21-8-4-3-7-18(21)20(17)13-15/h1-13H. The number of fused-ring (bicyclic) bond motifs is 7. The SMILES string of the molecule is Clc1ccc2c(c1)-c1ccccc1Oc1c-2ccc2ccccc12. The molecule has 0 radical (unpaired) electrons. The molecule has 0 spiro atoms. The van der Waals surface area contributed by atoms with Crippen molar-refractivity contribution in [2.75, 3.05) is 0 Å². The summed E-state index contributed by atoms with van der Waals surface area (Å²) in [7, 11) is 0. The molecule has 4 aromatic rings. The summed E-state index contributed by atoms with van der Waals surface area (Å²) in [6, 6.07) is 26.8. The third kappa shape index (κ3) is 1.95. The van der Waals surface area contributed by atoms with Crippen LogP contribution in [-0.4, -0.2) is 0 Å². The van der Waals surface area contributed by atoms with E-state index in [1.54, 1.807) is 0 Å². The van der Waals surface area contributed by atoms with Crippen molar-refractivity contribution in [3.8, 4) is 33.8 Å². The Kier molecular flexibility index (Phi) is 2.91. The zero-order chi connectivity index (χ0) is 16.1. The fraction of sp³-hybridized carbons (Fsp3) is 0. The molecule has 0 N–H and O–H groups in total. The molecule has 2 heteroatoms. The maximum Gasteiger partial charge on any atom is 0.143 e. The van der Waals surface area contributed by atoms with Gasteiger partial charge in [-0.15, -0.1) is 0 Å². The van der Waals surface area contributed by atoms with Crippen LogP contribution in [0.5, 0.6) is 11.5 Å². The van der Waals surface area contributed by atoms with Gasteiger partial charge < -0.3 is 4.74 Å². The second-order valence-electron chi connectivity index (χ2n) is 5.95. The Morgan fingerprint density at radius 2 is 1.42 bits per heavy atom. The Morgan fingerprint density at radius 3 is 2.38 bits per heavy atom. The van der Waals surface area contributed by atoms with Gasteiger partial charge in [0.05, 0.1) is 0 Å². The molecule has 0 aliphatic carbocycles. The predicted molar refractivity (Wildman–Crippen MR) is 99.9 cm³/mol. The number of hydrogen-bond donors (Lipinski definition) is 0. The molecule has 4 aromatic carbocycles. The number of para-hydroxylation sites is 1. The highest BCUT2D eigenvalue weighted by atomic mass is 35.5. The first-order chi connectivity index (χ1) is 11.8. The molecule has 0 aromatic heterocycles. The summed E-state index contributed by atoms with van der Waals surface area (Å²) in [6.07, 6.45) is 0. The molecule has 1 heterocycles. The summed E-state index contributed by atoms with van der Waals surface area (Å²) in [6.45, 7) is 0. The molecule has 0 amide bonds. The van der Waals surface area contributed by atoms with Crippen molar-refractivity contribution >= 4 is 22.4 Å². The van der Waals surface area contributed by atoms with Crippen LogP contribution < -0.4 is 4.74 Å². The minimum Gasteiger partial charge on any atom is -0.455 e. The molecule has 0 saturated heterocycles. The second kappa shape index (κ2) is 5.12. The van der Waals surface area contributed by atoms with Gasteiger partial charge in [0.25, 0.3) is 0 Å². The van der Waals surface area contributed by atoms with Crippen LogP contribution in [0.4, 0.5) is 0 Å². The molecular weight excluding hydrogens is 316 g/mol. The van der Waals surface area contributed by atoms with E-state index in [9.17, 15) is 0 Å². The average molecular weight is 329 g/mol. The smallest absolute Gasteiger partial charge is 0.143 e. The monoisotopic (exact) mass is 328 g/mol. The Bertz CT molecular complexity index is 1100. The summed E-state index contributed by atoms with van der Waals surface area (Å²) >= 11 is 6.28. The van der Waals surface area contributed by atoms with Crippen molar-refractivity contribution in [3.63, 3.8) is 0 Å². The molecule has 5 rings (SSSR count). The van der Waals surface area contributed by atoms with Crippen LogP contribution in [-0.2, 0) is 0 Å². The van der Waals surface area contributed by atoms with E-state index in [0.717, 1.165) is 44.2 Å². The Balaban J connectivity index is 1.95. The van der Waals surface area contributed by atoms with E-state index in [2.05, 4.69) is 36.4 Å². The normalized spacial score (nSPS) is 11.9. The van der Waals surface area contributed by atoms with E-state index in [-0.39, 0.29) is 0 Å². The minimum absolute atomic E-state index is 0.729. The molecule has 0 atom stereocenters. The molecule has 1 nitrogen and oxygen atoms in total. The summed E-state index contributed by atoms with van der Waals surface area (Å²) in [4.78, 5) is 0. The largest absolute Gasteiger partial charge is 0.455 e. The fourth-order valence-corrected chi connectivity index (χ4v) is 3.60. The molecule has 1 aliphatic rings. The maximum atomic E-state index is 6.39. The zero-order valence-electron chi connectivity index (χ0n) is 12.8. The topological polar surface area (TPSA) is 9.23 Å². The third-order valence-electron chi connectivity index (χ3n) is 4.54. The number of rotatable bonds is 0. The van der Waals surface area contributed by atoms with Gasteiger partial charge in [-0.05, 0) is 40.8 Å². The van der Waals surface area contributed by atoms with Crippen molar-refractivity contribution in [2.24, 2.45) is 0 Å². The van der Waals surface area contributed by atoms with Gasteiger partial charge in [0.15, 0.2) is 0 Å². The summed E-state index contributed by atoms with van der Waals surface area (Å²) < 4.78 is 6.39. The van der Waals surface area contributed by atoms with Crippen LogP contribution in [0.1, 0.15) is 0 Å². The fourth-order valence-electron chi connectivity index (χ4n) is 3.43. The van der Waals surface area contributed by atoms with Gasteiger partial charge in [-0.1, -0.05) is 66.2 Å². The molecule has 1 aliphatic heterocycles. The van der Waals surface area contributed by atoms with E-state index >= 15 is 0 Å². The first kappa shape index (κ1) is 13.6. The first-order valence-corrected chi connectivity index (χ1v) is 8.28. The van der Waals surface area contributed by atoms with Gasteiger partial charge in [-0.3, -0.25) is 0 Å². The quantitative estimate of drug-likeness (QED) is 0.299. The second-order valence-corrected chi connectivity index (χ2v) is 6.39.